The molecule has 1 aromatic heterocycles. The lowest BCUT2D eigenvalue weighted by Crippen LogP contribution is -2.15. The van der Waals surface area contributed by atoms with Crippen LogP contribution in [0.5, 0.6) is 0 Å². The van der Waals surface area contributed by atoms with Gasteiger partial charge < -0.3 is 5.32 Å². The molecule has 1 heterocycles. The van der Waals surface area contributed by atoms with Gasteiger partial charge in [-0.05, 0) is 55.2 Å². The van der Waals surface area contributed by atoms with Crippen LogP contribution in [0.25, 0.3) is 0 Å². The summed E-state index contributed by atoms with van der Waals surface area (Å²) in [5.74, 6) is 2.79. The minimum Gasteiger partial charge on any atom is -0.369 e. The van der Waals surface area contributed by atoms with Gasteiger partial charge in [0.2, 0.25) is 0 Å². The van der Waals surface area contributed by atoms with Crippen LogP contribution in [0.3, 0.4) is 0 Å². The Balaban J connectivity index is 2.02. The van der Waals surface area contributed by atoms with Crippen LogP contribution >= 0.6 is 22.6 Å². The highest BCUT2D eigenvalue weighted by atomic mass is 127. The molecule has 2 aliphatic rings. The fraction of sp³-hybridized carbons (Fsp3) is 0.733. The molecule has 2 saturated carbocycles. The van der Waals surface area contributed by atoms with E-state index in [1.54, 1.807) is 0 Å². The number of nitrogens with zero attached hydrogens (tertiary/aromatic N) is 2. The second kappa shape index (κ2) is 5.19. The van der Waals surface area contributed by atoms with E-state index in [4.69, 9.17) is 9.97 Å². The van der Waals surface area contributed by atoms with Crippen molar-refractivity contribution >= 4 is 28.4 Å². The van der Waals surface area contributed by atoms with Crippen LogP contribution in [-0.2, 0) is 5.41 Å². The predicted molar refractivity (Wildman–Crippen MR) is 86.7 cm³/mol. The van der Waals surface area contributed by atoms with Crippen molar-refractivity contribution in [1.29, 1.82) is 0 Å². The van der Waals surface area contributed by atoms with Crippen LogP contribution < -0.4 is 5.32 Å². The smallest absolute Gasteiger partial charge is 0.143 e. The molecule has 2 fully saturated rings. The third-order valence-electron chi connectivity index (χ3n) is 4.50. The molecule has 0 unspecified atom stereocenters. The van der Waals surface area contributed by atoms with Crippen molar-refractivity contribution in [2.45, 2.75) is 63.7 Å². The summed E-state index contributed by atoms with van der Waals surface area (Å²) in [7, 11) is 0. The third-order valence-corrected chi connectivity index (χ3v) is 5.57. The average molecular weight is 371 g/mol. The molecule has 3 nitrogen and oxygen atoms in total. The molecule has 2 aliphatic carbocycles. The molecule has 3 rings (SSSR count). The molecule has 0 saturated heterocycles. The van der Waals surface area contributed by atoms with Crippen LogP contribution in [0.2, 0.25) is 0 Å². The first-order valence-corrected chi connectivity index (χ1v) is 8.54. The van der Waals surface area contributed by atoms with Crippen molar-refractivity contribution in [3.05, 3.63) is 15.1 Å². The number of halogens is 1. The summed E-state index contributed by atoms with van der Waals surface area (Å²) < 4.78 is 1.25. The van der Waals surface area contributed by atoms with Crippen LogP contribution in [0.4, 0.5) is 5.82 Å². The van der Waals surface area contributed by atoms with E-state index in [1.807, 2.05) is 0 Å². The van der Waals surface area contributed by atoms with Gasteiger partial charge in [-0.2, -0.15) is 0 Å². The number of anilines is 1. The number of hydrogen-bond donors (Lipinski definition) is 1. The molecule has 0 spiro atoms. The van der Waals surface area contributed by atoms with Crippen molar-refractivity contribution in [3.8, 4) is 0 Å². The summed E-state index contributed by atoms with van der Waals surface area (Å²) in [5, 5.41) is 3.42. The Morgan fingerprint density at radius 3 is 2.53 bits per heavy atom. The van der Waals surface area contributed by atoms with E-state index in [9.17, 15) is 0 Å². The van der Waals surface area contributed by atoms with Gasteiger partial charge in [0.1, 0.15) is 11.6 Å². The molecule has 0 aromatic carbocycles. The molecule has 0 radical (unpaired) electrons. The van der Waals surface area contributed by atoms with Crippen LogP contribution in [-0.4, -0.2) is 16.5 Å². The minimum absolute atomic E-state index is 0.252. The molecule has 0 bridgehead atoms. The van der Waals surface area contributed by atoms with Crippen LogP contribution in [0.1, 0.15) is 69.8 Å². The summed E-state index contributed by atoms with van der Waals surface area (Å²) in [6, 6.07) is 0. The highest BCUT2D eigenvalue weighted by Gasteiger charge is 2.43. The zero-order chi connectivity index (χ0) is 13.5. The number of aromatic nitrogens is 2. The fourth-order valence-corrected chi connectivity index (χ4v) is 3.77. The van der Waals surface area contributed by atoms with Gasteiger partial charge in [-0.1, -0.05) is 19.8 Å². The Morgan fingerprint density at radius 1 is 1.26 bits per heavy atom. The first-order valence-electron chi connectivity index (χ1n) is 7.46. The zero-order valence-corrected chi connectivity index (χ0v) is 14.0. The van der Waals surface area contributed by atoms with Gasteiger partial charge in [0.25, 0.3) is 0 Å². The van der Waals surface area contributed by atoms with Crippen molar-refractivity contribution in [3.63, 3.8) is 0 Å². The Hall–Kier alpha value is -0.390. The molecule has 1 N–H and O–H groups in total. The molecular formula is C15H22IN3. The SMILES string of the molecule is CCNc1nc(C2(C)CC2)nc(C2CCCC2)c1I. The second-order valence-electron chi connectivity index (χ2n) is 6.17. The first-order chi connectivity index (χ1) is 9.14. The maximum atomic E-state index is 4.97. The van der Waals surface area contributed by atoms with E-state index >= 15 is 0 Å². The van der Waals surface area contributed by atoms with Gasteiger partial charge in [-0.15, -0.1) is 0 Å². The quantitative estimate of drug-likeness (QED) is 0.806. The lowest BCUT2D eigenvalue weighted by atomic mass is 10.0. The molecule has 0 amide bonds. The van der Waals surface area contributed by atoms with E-state index in [2.05, 4.69) is 41.8 Å². The van der Waals surface area contributed by atoms with Gasteiger partial charge in [0.05, 0.1) is 9.26 Å². The van der Waals surface area contributed by atoms with Crippen LogP contribution in [0.15, 0.2) is 0 Å². The lowest BCUT2D eigenvalue weighted by Gasteiger charge is -2.18. The molecule has 104 valence electrons. The number of hydrogen-bond acceptors (Lipinski definition) is 3. The third kappa shape index (κ3) is 2.60. The molecule has 0 atom stereocenters. The summed E-state index contributed by atoms with van der Waals surface area (Å²) in [6.07, 6.45) is 7.79. The number of nitrogens with one attached hydrogen (secondary N) is 1. The van der Waals surface area contributed by atoms with Crippen LogP contribution in [0, 0.1) is 3.57 Å². The van der Waals surface area contributed by atoms with E-state index in [1.165, 1.54) is 47.8 Å². The predicted octanol–water partition coefficient (Wildman–Crippen LogP) is 4.22. The molecule has 19 heavy (non-hydrogen) atoms. The first kappa shape index (κ1) is 13.6. The van der Waals surface area contributed by atoms with E-state index in [0.717, 1.165) is 18.2 Å². The average Bonchev–Trinajstić information content (AvgIpc) is 2.94. The molecular weight excluding hydrogens is 349 g/mol. The van der Waals surface area contributed by atoms with E-state index in [0.29, 0.717) is 5.92 Å². The Morgan fingerprint density at radius 2 is 1.95 bits per heavy atom. The maximum absolute atomic E-state index is 4.97. The maximum Gasteiger partial charge on any atom is 0.143 e. The lowest BCUT2D eigenvalue weighted by molar-refractivity contribution is 0.646. The van der Waals surface area contributed by atoms with Crippen molar-refractivity contribution < 1.29 is 0 Å². The second-order valence-corrected chi connectivity index (χ2v) is 7.25. The Labute approximate surface area is 129 Å². The van der Waals surface area contributed by atoms with Gasteiger partial charge in [-0.3, -0.25) is 0 Å². The van der Waals surface area contributed by atoms with E-state index < -0.39 is 0 Å². The highest BCUT2D eigenvalue weighted by Crippen LogP contribution is 2.47. The monoisotopic (exact) mass is 371 g/mol. The normalized spacial score (nSPS) is 21.6. The fourth-order valence-electron chi connectivity index (χ4n) is 2.90. The van der Waals surface area contributed by atoms with Gasteiger partial charge in [0.15, 0.2) is 0 Å². The molecule has 0 aliphatic heterocycles. The summed E-state index contributed by atoms with van der Waals surface area (Å²) >= 11 is 2.43. The van der Waals surface area contributed by atoms with E-state index in [-0.39, 0.29) is 5.41 Å². The van der Waals surface area contributed by atoms with Crippen molar-refractivity contribution in [2.24, 2.45) is 0 Å². The summed E-state index contributed by atoms with van der Waals surface area (Å²) in [6.45, 7) is 5.35. The summed E-state index contributed by atoms with van der Waals surface area (Å²) in [5.41, 5.74) is 1.56. The van der Waals surface area contributed by atoms with Gasteiger partial charge in [0, 0.05) is 17.9 Å². The highest BCUT2D eigenvalue weighted by molar-refractivity contribution is 14.1. The minimum atomic E-state index is 0.252. The van der Waals surface area contributed by atoms with Crippen molar-refractivity contribution in [2.75, 3.05) is 11.9 Å². The standard InChI is InChI=1S/C15H22IN3/c1-3-17-13-11(16)12(10-6-4-5-7-10)18-14(19-13)15(2)8-9-15/h10H,3-9H2,1-2H3,(H,17,18,19). The molecule has 1 aromatic rings. The summed E-state index contributed by atoms with van der Waals surface area (Å²) in [4.78, 5) is 9.77. The van der Waals surface area contributed by atoms with Gasteiger partial charge in [-0.25, -0.2) is 9.97 Å². The zero-order valence-electron chi connectivity index (χ0n) is 11.8. The number of rotatable bonds is 4. The topological polar surface area (TPSA) is 37.8 Å². The Kier molecular flexibility index (Phi) is 3.71. The Bertz CT molecular complexity index is 477. The van der Waals surface area contributed by atoms with Crippen molar-refractivity contribution in [1.82, 2.24) is 9.97 Å². The molecule has 4 heteroatoms. The van der Waals surface area contributed by atoms with Gasteiger partial charge >= 0.3 is 0 Å². The largest absolute Gasteiger partial charge is 0.369 e.